The molecule has 7 nitrogen and oxygen atoms in total. The Morgan fingerprint density at radius 2 is 2.08 bits per heavy atom. The molecule has 0 aromatic carbocycles. The van der Waals surface area contributed by atoms with Crippen molar-refractivity contribution in [2.45, 2.75) is 31.8 Å². The van der Waals surface area contributed by atoms with Gasteiger partial charge in [0.15, 0.2) is 0 Å². The van der Waals surface area contributed by atoms with Crippen LogP contribution in [0.15, 0.2) is 6.33 Å². The van der Waals surface area contributed by atoms with Crippen molar-refractivity contribution in [2.24, 2.45) is 0 Å². The lowest BCUT2D eigenvalue weighted by atomic mass is 10.1. The van der Waals surface area contributed by atoms with E-state index in [0.717, 1.165) is 70.2 Å². The number of amides is 1. The van der Waals surface area contributed by atoms with Crippen LogP contribution in [0.4, 0.5) is 5.82 Å². The lowest BCUT2D eigenvalue weighted by molar-refractivity contribution is -0.131. The predicted octanol–water partition coefficient (Wildman–Crippen LogP) is 0.292. The van der Waals surface area contributed by atoms with Crippen LogP contribution in [0.5, 0.6) is 0 Å². The molecule has 1 amide bonds. The van der Waals surface area contributed by atoms with E-state index < -0.39 is 0 Å². The molecular formula is C17H25N5O2. The summed E-state index contributed by atoms with van der Waals surface area (Å²) < 4.78 is 5.45. The second-order valence-corrected chi connectivity index (χ2v) is 6.92. The van der Waals surface area contributed by atoms with Crippen LogP contribution in [0.2, 0.25) is 0 Å². The molecule has 3 aliphatic rings. The van der Waals surface area contributed by atoms with Crippen LogP contribution >= 0.6 is 0 Å². The monoisotopic (exact) mass is 331 g/mol. The van der Waals surface area contributed by atoms with E-state index in [4.69, 9.17) is 4.74 Å². The van der Waals surface area contributed by atoms with Gasteiger partial charge in [0.2, 0.25) is 5.91 Å². The quantitative estimate of drug-likeness (QED) is 0.790. The highest BCUT2D eigenvalue weighted by molar-refractivity contribution is 5.78. The summed E-state index contributed by atoms with van der Waals surface area (Å²) in [5.74, 6) is 1.25. The van der Waals surface area contributed by atoms with Gasteiger partial charge in [-0.3, -0.25) is 9.69 Å². The number of hydrogen-bond donors (Lipinski definition) is 0. The first-order chi connectivity index (χ1) is 11.7. The van der Waals surface area contributed by atoms with E-state index in [0.29, 0.717) is 12.6 Å². The summed E-state index contributed by atoms with van der Waals surface area (Å²) in [6.07, 6.45) is 4.86. The summed E-state index contributed by atoms with van der Waals surface area (Å²) in [6, 6.07) is 0.474. The summed E-state index contributed by atoms with van der Waals surface area (Å²) in [4.78, 5) is 27.9. The molecule has 130 valence electrons. The fraction of sp³-hybridized carbons (Fsp3) is 0.706. The molecule has 0 unspecified atom stereocenters. The standard InChI is InChI=1S/C17H25N5O2/c1-20(13-2-3-13)16(23)11-21-5-4-15-14(10-21)17(19-12-18-15)22-6-8-24-9-7-22/h12-13H,2-11H2,1H3. The molecule has 1 aromatic rings. The normalized spacial score (nSPS) is 21.5. The number of rotatable bonds is 4. The topological polar surface area (TPSA) is 61.8 Å². The van der Waals surface area contributed by atoms with Gasteiger partial charge in [-0.05, 0) is 12.8 Å². The number of hydrogen-bond acceptors (Lipinski definition) is 6. The molecule has 1 saturated heterocycles. The van der Waals surface area contributed by atoms with Crippen molar-refractivity contribution < 1.29 is 9.53 Å². The second-order valence-electron chi connectivity index (χ2n) is 6.92. The Balaban J connectivity index is 1.47. The Morgan fingerprint density at radius 1 is 1.29 bits per heavy atom. The fourth-order valence-corrected chi connectivity index (χ4v) is 3.53. The molecule has 1 saturated carbocycles. The smallest absolute Gasteiger partial charge is 0.236 e. The van der Waals surface area contributed by atoms with Crippen molar-refractivity contribution >= 4 is 11.7 Å². The van der Waals surface area contributed by atoms with Gasteiger partial charge in [0, 0.05) is 51.3 Å². The van der Waals surface area contributed by atoms with E-state index in [1.165, 1.54) is 5.56 Å². The first-order valence-electron chi connectivity index (χ1n) is 8.86. The fourth-order valence-electron chi connectivity index (χ4n) is 3.53. The van der Waals surface area contributed by atoms with Crippen molar-refractivity contribution in [1.82, 2.24) is 19.8 Å². The Labute approximate surface area is 142 Å². The Kier molecular flexibility index (Phi) is 4.37. The minimum atomic E-state index is 0.228. The number of ether oxygens (including phenoxy) is 1. The summed E-state index contributed by atoms with van der Waals surface area (Å²) in [6.45, 7) is 5.35. The maximum Gasteiger partial charge on any atom is 0.236 e. The molecule has 0 bridgehead atoms. The second kappa shape index (κ2) is 6.64. The van der Waals surface area contributed by atoms with E-state index >= 15 is 0 Å². The number of carbonyl (C=O) groups excluding carboxylic acids is 1. The van der Waals surface area contributed by atoms with Crippen LogP contribution in [-0.2, 0) is 22.5 Å². The Hall–Kier alpha value is -1.73. The molecule has 2 fully saturated rings. The van der Waals surface area contributed by atoms with Gasteiger partial charge in [-0.1, -0.05) is 0 Å². The van der Waals surface area contributed by atoms with Crippen LogP contribution < -0.4 is 4.90 Å². The lowest BCUT2D eigenvalue weighted by Gasteiger charge is -2.34. The number of morpholine rings is 1. The Morgan fingerprint density at radius 3 is 2.83 bits per heavy atom. The first kappa shape index (κ1) is 15.8. The SMILES string of the molecule is CN(C(=O)CN1CCc2ncnc(N3CCOCC3)c2C1)C1CC1. The zero-order valence-electron chi connectivity index (χ0n) is 14.3. The van der Waals surface area contributed by atoms with E-state index in [-0.39, 0.29) is 5.91 Å². The highest BCUT2D eigenvalue weighted by Gasteiger charge is 2.31. The maximum atomic E-state index is 12.4. The maximum absolute atomic E-state index is 12.4. The third-order valence-corrected chi connectivity index (χ3v) is 5.22. The van der Waals surface area contributed by atoms with Crippen LogP contribution in [-0.4, -0.2) is 78.2 Å². The molecule has 2 aliphatic heterocycles. The van der Waals surface area contributed by atoms with Crippen molar-refractivity contribution in [3.63, 3.8) is 0 Å². The van der Waals surface area contributed by atoms with Crippen LogP contribution in [0.25, 0.3) is 0 Å². The molecule has 0 N–H and O–H groups in total. The summed E-state index contributed by atoms with van der Waals surface area (Å²) in [5, 5.41) is 0. The molecule has 4 rings (SSSR count). The average molecular weight is 331 g/mol. The van der Waals surface area contributed by atoms with Gasteiger partial charge in [-0.25, -0.2) is 9.97 Å². The van der Waals surface area contributed by atoms with Gasteiger partial charge in [0.05, 0.1) is 25.5 Å². The zero-order chi connectivity index (χ0) is 16.5. The van der Waals surface area contributed by atoms with Gasteiger partial charge in [-0.15, -0.1) is 0 Å². The van der Waals surface area contributed by atoms with Crippen molar-refractivity contribution in [1.29, 1.82) is 0 Å². The third-order valence-electron chi connectivity index (χ3n) is 5.22. The largest absolute Gasteiger partial charge is 0.378 e. The zero-order valence-corrected chi connectivity index (χ0v) is 14.3. The molecule has 1 aromatic heterocycles. The number of fused-ring (bicyclic) bond motifs is 1. The summed E-state index contributed by atoms with van der Waals surface area (Å²) in [7, 11) is 1.93. The van der Waals surface area contributed by atoms with E-state index in [1.807, 2.05) is 11.9 Å². The van der Waals surface area contributed by atoms with E-state index in [9.17, 15) is 4.79 Å². The molecule has 0 spiro atoms. The number of anilines is 1. The van der Waals surface area contributed by atoms with Gasteiger partial charge in [0.1, 0.15) is 12.1 Å². The van der Waals surface area contributed by atoms with Crippen LogP contribution in [0.3, 0.4) is 0 Å². The highest BCUT2D eigenvalue weighted by atomic mass is 16.5. The minimum absolute atomic E-state index is 0.228. The lowest BCUT2D eigenvalue weighted by Crippen LogP contribution is -2.43. The molecule has 24 heavy (non-hydrogen) atoms. The molecule has 0 atom stereocenters. The summed E-state index contributed by atoms with van der Waals surface area (Å²) in [5.41, 5.74) is 2.32. The molecular weight excluding hydrogens is 306 g/mol. The summed E-state index contributed by atoms with van der Waals surface area (Å²) >= 11 is 0. The number of likely N-dealkylation sites (N-methyl/N-ethyl adjacent to an activating group) is 1. The average Bonchev–Trinajstić information content (AvgIpc) is 3.46. The van der Waals surface area contributed by atoms with E-state index in [1.54, 1.807) is 6.33 Å². The Bertz CT molecular complexity index is 613. The third kappa shape index (κ3) is 3.23. The van der Waals surface area contributed by atoms with Gasteiger partial charge >= 0.3 is 0 Å². The molecule has 0 radical (unpaired) electrons. The molecule has 7 heteroatoms. The van der Waals surface area contributed by atoms with Gasteiger partial charge in [-0.2, -0.15) is 0 Å². The molecule has 3 heterocycles. The van der Waals surface area contributed by atoms with E-state index in [2.05, 4.69) is 19.8 Å². The predicted molar refractivity (Wildman–Crippen MR) is 89.8 cm³/mol. The number of carbonyl (C=O) groups is 1. The van der Waals surface area contributed by atoms with Crippen molar-refractivity contribution in [2.75, 3.05) is 51.3 Å². The van der Waals surface area contributed by atoms with Gasteiger partial charge < -0.3 is 14.5 Å². The minimum Gasteiger partial charge on any atom is -0.378 e. The van der Waals surface area contributed by atoms with Gasteiger partial charge in [0.25, 0.3) is 0 Å². The van der Waals surface area contributed by atoms with Crippen molar-refractivity contribution in [3.05, 3.63) is 17.6 Å². The van der Waals surface area contributed by atoms with Crippen molar-refractivity contribution in [3.8, 4) is 0 Å². The molecule has 1 aliphatic carbocycles. The first-order valence-corrected chi connectivity index (χ1v) is 8.86. The highest BCUT2D eigenvalue weighted by Crippen LogP contribution is 2.28. The van der Waals surface area contributed by atoms with Crippen LogP contribution in [0, 0.1) is 0 Å². The van der Waals surface area contributed by atoms with Crippen LogP contribution in [0.1, 0.15) is 24.1 Å². The number of aromatic nitrogens is 2. The number of nitrogens with zero attached hydrogens (tertiary/aromatic N) is 5.